The lowest BCUT2D eigenvalue weighted by atomic mass is 9.86. The molecule has 156 valence electrons. The van der Waals surface area contributed by atoms with E-state index < -0.39 is 5.82 Å². The highest BCUT2D eigenvalue weighted by Crippen LogP contribution is 2.24. The highest BCUT2D eigenvalue weighted by molar-refractivity contribution is 5.96. The maximum absolute atomic E-state index is 13.6. The average molecular weight is 399 g/mol. The number of aromatic hydroxyl groups is 1. The summed E-state index contributed by atoms with van der Waals surface area (Å²) in [7, 11) is 0. The van der Waals surface area contributed by atoms with Gasteiger partial charge in [-0.1, -0.05) is 45.0 Å². The number of carbonyl (C=O) groups excluding carboxylic acids is 1. The molecule has 1 fully saturated rings. The number of phenols is 1. The molecule has 0 atom stereocenters. The van der Waals surface area contributed by atoms with Crippen molar-refractivity contribution >= 4 is 11.5 Å². The minimum atomic E-state index is -0.584. The fourth-order valence-corrected chi connectivity index (χ4v) is 3.69. The molecule has 5 heteroatoms. The molecular weight excluding hydrogens is 367 g/mol. The summed E-state index contributed by atoms with van der Waals surface area (Å²) >= 11 is 0. The summed E-state index contributed by atoms with van der Waals surface area (Å²) in [5.74, 6) is -0.701. The van der Waals surface area contributed by atoms with Crippen LogP contribution in [0, 0.1) is 5.82 Å². The van der Waals surface area contributed by atoms with Gasteiger partial charge in [0.2, 0.25) is 0 Å². The summed E-state index contributed by atoms with van der Waals surface area (Å²) in [5, 5.41) is 9.33. The molecule has 0 radical (unpaired) electrons. The summed E-state index contributed by atoms with van der Waals surface area (Å²) in [6.07, 6.45) is 1.39. The van der Waals surface area contributed by atoms with Crippen LogP contribution in [-0.4, -0.2) is 48.5 Å². The largest absolute Gasteiger partial charge is 0.505 e. The first-order valence-corrected chi connectivity index (χ1v) is 10.3. The summed E-state index contributed by atoms with van der Waals surface area (Å²) in [4.78, 5) is 16.9. The molecule has 0 amide bonds. The first-order valence-electron chi connectivity index (χ1n) is 10.3. The minimum Gasteiger partial charge on any atom is -0.505 e. The third-order valence-corrected chi connectivity index (χ3v) is 5.62. The standard InChI is InChI=1S/C24H31FN2O2/c1-24(2,3)19-8-6-18(7-9-19)22(28)5-4-12-26-13-15-27(16-14-26)20-10-11-23(29)21(25)17-20/h6-11,17,29H,4-5,12-16H2,1-3H3. The van der Waals surface area contributed by atoms with E-state index in [9.17, 15) is 14.3 Å². The number of phenolic OH excluding ortho intramolecular Hbond substituents is 1. The topological polar surface area (TPSA) is 43.8 Å². The molecule has 0 unspecified atom stereocenters. The van der Waals surface area contributed by atoms with Gasteiger partial charge in [-0.15, -0.1) is 0 Å². The van der Waals surface area contributed by atoms with E-state index >= 15 is 0 Å². The Morgan fingerprint density at radius 1 is 1.03 bits per heavy atom. The Labute approximate surface area is 173 Å². The second-order valence-electron chi connectivity index (χ2n) is 8.82. The lowest BCUT2D eigenvalue weighted by Gasteiger charge is -2.36. The van der Waals surface area contributed by atoms with E-state index in [4.69, 9.17) is 0 Å². The smallest absolute Gasteiger partial charge is 0.166 e. The molecule has 29 heavy (non-hydrogen) atoms. The monoisotopic (exact) mass is 398 g/mol. The maximum Gasteiger partial charge on any atom is 0.166 e. The molecular formula is C24H31FN2O2. The van der Waals surface area contributed by atoms with Crippen LogP contribution in [0.15, 0.2) is 42.5 Å². The Morgan fingerprint density at radius 3 is 2.28 bits per heavy atom. The van der Waals surface area contributed by atoms with E-state index in [1.807, 2.05) is 12.1 Å². The van der Waals surface area contributed by atoms with E-state index in [0.717, 1.165) is 50.4 Å². The first-order chi connectivity index (χ1) is 13.7. The molecule has 0 saturated carbocycles. The number of anilines is 1. The quantitative estimate of drug-likeness (QED) is 0.722. The van der Waals surface area contributed by atoms with Gasteiger partial charge in [-0.25, -0.2) is 4.39 Å². The molecule has 3 rings (SSSR count). The van der Waals surface area contributed by atoms with Crippen molar-refractivity contribution in [3.8, 4) is 5.75 Å². The SMILES string of the molecule is CC(C)(C)c1ccc(C(=O)CCCN2CCN(c3ccc(O)c(F)c3)CC2)cc1. The van der Waals surface area contributed by atoms with Crippen molar-refractivity contribution in [2.24, 2.45) is 0 Å². The number of ketones is 1. The van der Waals surface area contributed by atoms with Crippen molar-refractivity contribution in [1.82, 2.24) is 4.90 Å². The lowest BCUT2D eigenvalue weighted by Crippen LogP contribution is -2.46. The zero-order valence-electron chi connectivity index (χ0n) is 17.6. The van der Waals surface area contributed by atoms with Crippen molar-refractivity contribution in [2.45, 2.75) is 39.0 Å². The number of benzene rings is 2. The molecule has 2 aromatic rings. The third kappa shape index (κ3) is 5.57. The van der Waals surface area contributed by atoms with Crippen LogP contribution >= 0.6 is 0 Å². The van der Waals surface area contributed by atoms with Crippen LogP contribution in [0.1, 0.15) is 49.5 Å². The van der Waals surface area contributed by atoms with Crippen molar-refractivity contribution in [3.05, 3.63) is 59.4 Å². The minimum absolute atomic E-state index is 0.0929. The van der Waals surface area contributed by atoms with Gasteiger partial charge in [0.15, 0.2) is 17.3 Å². The maximum atomic E-state index is 13.6. The highest BCUT2D eigenvalue weighted by Gasteiger charge is 2.19. The Kier molecular flexibility index (Phi) is 6.58. The Hall–Kier alpha value is -2.40. The number of nitrogens with zero attached hydrogens (tertiary/aromatic N) is 2. The number of hydrogen-bond donors (Lipinski definition) is 1. The number of rotatable bonds is 6. The summed E-state index contributed by atoms with van der Waals surface area (Å²) in [6, 6.07) is 12.5. The fourth-order valence-electron chi connectivity index (χ4n) is 3.69. The van der Waals surface area contributed by atoms with Gasteiger partial charge >= 0.3 is 0 Å². The predicted octanol–water partition coefficient (Wildman–Crippen LogP) is 4.61. The molecule has 1 N–H and O–H groups in total. The van der Waals surface area contributed by atoms with Gasteiger partial charge in [0.05, 0.1) is 0 Å². The summed E-state index contributed by atoms with van der Waals surface area (Å²) < 4.78 is 13.6. The van der Waals surface area contributed by atoms with Crippen molar-refractivity contribution in [1.29, 1.82) is 0 Å². The predicted molar refractivity (Wildman–Crippen MR) is 115 cm³/mol. The van der Waals surface area contributed by atoms with E-state index in [0.29, 0.717) is 6.42 Å². The third-order valence-electron chi connectivity index (χ3n) is 5.62. The summed E-state index contributed by atoms with van der Waals surface area (Å²) in [5.41, 5.74) is 2.92. The van der Waals surface area contributed by atoms with Gasteiger partial charge in [-0.05, 0) is 36.1 Å². The van der Waals surface area contributed by atoms with Crippen molar-refractivity contribution < 1.29 is 14.3 Å². The molecule has 4 nitrogen and oxygen atoms in total. The van der Waals surface area contributed by atoms with Crippen LogP contribution in [0.3, 0.4) is 0 Å². The molecule has 2 aromatic carbocycles. The molecule has 0 aromatic heterocycles. The Bertz CT molecular complexity index is 835. The van der Waals surface area contributed by atoms with E-state index in [2.05, 4.69) is 42.7 Å². The van der Waals surface area contributed by atoms with Crippen LogP contribution in [0.2, 0.25) is 0 Å². The van der Waals surface area contributed by atoms with Crippen LogP contribution < -0.4 is 4.90 Å². The van der Waals surface area contributed by atoms with Gasteiger partial charge in [0.25, 0.3) is 0 Å². The fraction of sp³-hybridized carbons (Fsp3) is 0.458. The van der Waals surface area contributed by atoms with E-state index in [1.54, 1.807) is 6.07 Å². The number of hydrogen-bond acceptors (Lipinski definition) is 4. The molecule has 1 aliphatic rings. The first kappa shape index (κ1) is 21.3. The number of Topliss-reactive ketones (excluding diaryl/α,β-unsaturated/α-hetero) is 1. The van der Waals surface area contributed by atoms with E-state index in [-0.39, 0.29) is 16.9 Å². The molecule has 1 heterocycles. The zero-order valence-corrected chi connectivity index (χ0v) is 17.6. The van der Waals surface area contributed by atoms with Crippen LogP contribution in [0.5, 0.6) is 5.75 Å². The van der Waals surface area contributed by atoms with Crippen LogP contribution in [0.4, 0.5) is 10.1 Å². The molecule has 1 aliphatic heterocycles. The zero-order chi connectivity index (χ0) is 21.0. The van der Waals surface area contributed by atoms with Crippen LogP contribution in [0.25, 0.3) is 0 Å². The Balaban J connectivity index is 1.42. The van der Waals surface area contributed by atoms with Crippen molar-refractivity contribution in [3.63, 3.8) is 0 Å². The number of halogens is 1. The van der Waals surface area contributed by atoms with Gasteiger partial charge in [0, 0.05) is 49.9 Å². The van der Waals surface area contributed by atoms with Crippen molar-refractivity contribution in [2.75, 3.05) is 37.6 Å². The molecule has 0 bridgehead atoms. The normalized spacial score (nSPS) is 15.5. The highest BCUT2D eigenvalue weighted by atomic mass is 19.1. The average Bonchev–Trinajstić information content (AvgIpc) is 2.70. The van der Waals surface area contributed by atoms with Gasteiger partial charge in [-0.3, -0.25) is 9.69 Å². The molecule has 0 spiro atoms. The second-order valence-corrected chi connectivity index (χ2v) is 8.82. The molecule has 1 saturated heterocycles. The number of carbonyl (C=O) groups is 1. The van der Waals surface area contributed by atoms with E-state index in [1.165, 1.54) is 17.7 Å². The summed E-state index contributed by atoms with van der Waals surface area (Å²) in [6.45, 7) is 10.8. The number of piperazine rings is 1. The molecule has 0 aliphatic carbocycles. The van der Waals surface area contributed by atoms with Gasteiger partial charge < -0.3 is 10.0 Å². The van der Waals surface area contributed by atoms with Crippen LogP contribution in [-0.2, 0) is 5.41 Å². The van der Waals surface area contributed by atoms with Gasteiger partial charge in [-0.2, -0.15) is 0 Å². The lowest BCUT2D eigenvalue weighted by molar-refractivity contribution is 0.0974. The second kappa shape index (κ2) is 8.95. The Morgan fingerprint density at radius 2 is 1.69 bits per heavy atom. The van der Waals surface area contributed by atoms with Gasteiger partial charge in [0.1, 0.15) is 0 Å².